The van der Waals surface area contributed by atoms with Gasteiger partial charge in [0.05, 0.1) is 0 Å². The first-order chi connectivity index (χ1) is 8.13. The highest BCUT2D eigenvalue weighted by Crippen LogP contribution is 2.18. The fourth-order valence-electron chi connectivity index (χ4n) is 1.96. The van der Waals surface area contributed by atoms with Crippen LogP contribution in [0.25, 0.3) is 0 Å². The number of hydrogen-bond acceptors (Lipinski definition) is 3. The Morgan fingerprint density at radius 3 is 2.82 bits per heavy atom. The maximum absolute atomic E-state index is 5.83. The molecule has 0 aliphatic rings. The van der Waals surface area contributed by atoms with E-state index in [2.05, 4.69) is 42.7 Å². The molecule has 0 radical (unpaired) electrons. The molecule has 17 heavy (non-hydrogen) atoms. The zero-order valence-electron chi connectivity index (χ0n) is 10.2. The highest BCUT2D eigenvalue weighted by molar-refractivity contribution is 7.09. The molecular formula is C14H18N2S. The van der Waals surface area contributed by atoms with Crippen LogP contribution >= 0.6 is 11.3 Å². The molecule has 0 amide bonds. The number of nitrogen functional groups attached to an aromatic ring is 1. The lowest BCUT2D eigenvalue weighted by molar-refractivity contribution is 0.800. The number of thiophene rings is 1. The van der Waals surface area contributed by atoms with Crippen molar-refractivity contribution in [2.45, 2.75) is 26.3 Å². The summed E-state index contributed by atoms with van der Waals surface area (Å²) in [6, 6.07) is 10.8. The van der Waals surface area contributed by atoms with Gasteiger partial charge in [0.2, 0.25) is 0 Å². The van der Waals surface area contributed by atoms with E-state index in [1.54, 1.807) is 11.3 Å². The highest BCUT2D eigenvalue weighted by Gasteiger charge is 2.05. The predicted octanol–water partition coefficient (Wildman–Crippen LogP) is 3.68. The molecular weight excluding hydrogens is 228 g/mol. The lowest BCUT2D eigenvalue weighted by Crippen LogP contribution is -2.17. The van der Waals surface area contributed by atoms with Crippen LogP contribution in [0.4, 0.5) is 11.4 Å². The fourth-order valence-corrected chi connectivity index (χ4v) is 2.80. The zero-order chi connectivity index (χ0) is 12.3. The molecule has 0 bridgehead atoms. The average Bonchev–Trinajstić information content (AvgIpc) is 2.67. The Labute approximate surface area is 106 Å². The maximum atomic E-state index is 5.83. The molecule has 90 valence electrons. The topological polar surface area (TPSA) is 38.0 Å². The van der Waals surface area contributed by atoms with E-state index >= 15 is 0 Å². The van der Waals surface area contributed by atoms with Gasteiger partial charge >= 0.3 is 0 Å². The first kappa shape index (κ1) is 12.0. The monoisotopic (exact) mass is 246 g/mol. The van der Waals surface area contributed by atoms with E-state index in [9.17, 15) is 0 Å². The molecule has 1 heterocycles. The number of rotatable bonds is 4. The van der Waals surface area contributed by atoms with Gasteiger partial charge in [-0.1, -0.05) is 6.07 Å². The number of anilines is 2. The third-order valence-corrected chi connectivity index (χ3v) is 3.50. The van der Waals surface area contributed by atoms with Gasteiger partial charge in [0, 0.05) is 28.7 Å². The van der Waals surface area contributed by atoms with Gasteiger partial charge in [-0.25, -0.2) is 0 Å². The Balaban J connectivity index is 2.00. The van der Waals surface area contributed by atoms with Gasteiger partial charge in [0.1, 0.15) is 0 Å². The Hall–Kier alpha value is -1.48. The predicted molar refractivity (Wildman–Crippen MR) is 76.7 cm³/mol. The first-order valence-electron chi connectivity index (χ1n) is 5.79. The second-order valence-corrected chi connectivity index (χ2v) is 5.49. The maximum Gasteiger partial charge on any atom is 0.0365 e. The Morgan fingerprint density at radius 1 is 1.35 bits per heavy atom. The summed E-state index contributed by atoms with van der Waals surface area (Å²) in [5.74, 6) is 0. The van der Waals surface area contributed by atoms with Crippen molar-refractivity contribution in [1.82, 2.24) is 0 Å². The molecule has 0 spiro atoms. The number of benzene rings is 1. The smallest absolute Gasteiger partial charge is 0.0365 e. The van der Waals surface area contributed by atoms with E-state index < -0.39 is 0 Å². The van der Waals surface area contributed by atoms with Crippen LogP contribution in [0.3, 0.4) is 0 Å². The fraction of sp³-hybridized carbons (Fsp3) is 0.286. The molecule has 2 nitrogen and oxygen atoms in total. The lowest BCUT2D eigenvalue weighted by atomic mass is 10.1. The third kappa shape index (κ3) is 3.49. The molecule has 1 unspecified atom stereocenters. The summed E-state index contributed by atoms with van der Waals surface area (Å²) in [5, 5.41) is 5.61. The molecule has 0 saturated heterocycles. The van der Waals surface area contributed by atoms with Crippen LogP contribution < -0.4 is 11.1 Å². The minimum Gasteiger partial charge on any atom is -0.399 e. The van der Waals surface area contributed by atoms with E-state index in [1.165, 1.54) is 10.4 Å². The SMILES string of the molecule is Cc1cc(N)cc(NC(C)Cc2cccs2)c1. The summed E-state index contributed by atoms with van der Waals surface area (Å²) in [6.45, 7) is 4.25. The molecule has 3 N–H and O–H groups in total. The molecule has 2 rings (SSSR count). The van der Waals surface area contributed by atoms with E-state index in [1.807, 2.05) is 12.1 Å². The van der Waals surface area contributed by atoms with Crippen LogP contribution in [0.2, 0.25) is 0 Å². The normalized spacial score (nSPS) is 12.4. The summed E-state index contributed by atoms with van der Waals surface area (Å²) in [5.41, 5.74) is 8.94. The van der Waals surface area contributed by atoms with Crippen molar-refractivity contribution in [2.75, 3.05) is 11.1 Å². The highest BCUT2D eigenvalue weighted by atomic mass is 32.1. The van der Waals surface area contributed by atoms with E-state index in [0.717, 1.165) is 17.8 Å². The quantitative estimate of drug-likeness (QED) is 0.808. The van der Waals surface area contributed by atoms with Crippen LogP contribution in [0.1, 0.15) is 17.4 Å². The number of nitrogens with two attached hydrogens (primary N) is 1. The zero-order valence-corrected chi connectivity index (χ0v) is 11.1. The minimum absolute atomic E-state index is 0.412. The summed E-state index contributed by atoms with van der Waals surface area (Å²) in [4.78, 5) is 1.41. The van der Waals surface area contributed by atoms with Gasteiger partial charge in [0.25, 0.3) is 0 Å². The number of nitrogens with one attached hydrogen (secondary N) is 1. The Kier molecular flexibility index (Phi) is 3.69. The summed E-state index contributed by atoms with van der Waals surface area (Å²) < 4.78 is 0. The molecule has 0 aliphatic carbocycles. The Bertz CT molecular complexity index is 457. The van der Waals surface area contributed by atoms with Crippen molar-refractivity contribution in [2.24, 2.45) is 0 Å². The summed E-state index contributed by atoms with van der Waals surface area (Å²) >= 11 is 1.80. The van der Waals surface area contributed by atoms with Crippen molar-refractivity contribution in [1.29, 1.82) is 0 Å². The minimum atomic E-state index is 0.412. The van der Waals surface area contributed by atoms with Crippen molar-refractivity contribution in [3.63, 3.8) is 0 Å². The van der Waals surface area contributed by atoms with Crippen LogP contribution in [0.5, 0.6) is 0 Å². The van der Waals surface area contributed by atoms with E-state index in [4.69, 9.17) is 5.73 Å². The van der Waals surface area contributed by atoms with Crippen LogP contribution in [-0.2, 0) is 6.42 Å². The number of hydrogen-bond donors (Lipinski definition) is 2. The lowest BCUT2D eigenvalue weighted by Gasteiger charge is -2.15. The van der Waals surface area contributed by atoms with Gasteiger partial charge < -0.3 is 11.1 Å². The second-order valence-electron chi connectivity index (χ2n) is 4.46. The van der Waals surface area contributed by atoms with E-state index in [0.29, 0.717) is 6.04 Å². The van der Waals surface area contributed by atoms with Crippen molar-refractivity contribution >= 4 is 22.7 Å². The molecule has 0 aliphatic heterocycles. The standard InChI is InChI=1S/C14H18N2S/c1-10-6-12(15)9-13(7-10)16-11(2)8-14-4-3-5-17-14/h3-7,9,11,16H,8,15H2,1-2H3. The largest absolute Gasteiger partial charge is 0.399 e. The van der Waals surface area contributed by atoms with Gasteiger partial charge in [-0.15, -0.1) is 11.3 Å². The molecule has 3 heteroatoms. The van der Waals surface area contributed by atoms with Crippen LogP contribution in [-0.4, -0.2) is 6.04 Å². The van der Waals surface area contributed by atoms with Crippen molar-refractivity contribution in [3.8, 4) is 0 Å². The summed E-state index contributed by atoms with van der Waals surface area (Å²) in [7, 11) is 0. The van der Waals surface area contributed by atoms with Crippen LogP contribution in [0.15, 0.2) is 35.7 Å². The van der Waals surface area contributed by atoms with Gasteiger partial charge in [0.15, 0.2) is 0 Å². The average molecular weight is 246 g/mol. The van der Waals surface area contributed by atoms with Crippen molar-refractivity contribution in [3.05, 3.63) is 46.2 Å². The molecule has 1 aromatic carbocycles. The Morgan fingerprint density at radius 2 is 2.18 bits per heavy atom. The molecule has 0 saturated carbocycles. The first-order valence-corrected chi connectivity index (χ1v) is 6.67. The third-order valence-electron chi connectivity index (χ3n) is 2.60. The molecule has 0 fully saturated rings. The van der Waals surface area contributed by atoms with E-state index in [-0.39, 0.29) is 0 Å². The van der Waals surface area contributed by atoms with Gasteiger partial charge in [-0.05, 0) is 49.1 Å². The second kappa shape index (κ2) is 5.23. The van der Waals surface area contributed by atoms with Crippen molar-refractivity contribution < 1.29 is 0 Å². The molecule has 1 atom stereocenters. The number of aryl methyl sites for hydroxylation is 1. The summed E-state index contributed by atoms with van der Waals surface area (Å²) in [6.07, 6.45) is 1.05. The molecule has 1 aromatic heterocycles. The molecule has 2 aromatic rings. The van der Waals surface area contributed by atoms with Crippen LogP contribution in [0, 0.1) is 6.92 Å². The van der Waals surface area contributed by atoms with Gasteiger partial charge in [-0.3, -0.25) is 0 Å². The van der Waals surface area contributed by atoms with Gasteiger partial charge in [-0.2, -0.15) is 0 Å².